The molecule has 0 radical (unpaired) electrons. The second-order valence-electron chi connectivity index (χ2n) is 5.47. The summed E-state index contributed by atoms with van der Waals surface area (Å²) in [5.41, 5.74) is 0. The van der Waals surface area contributed by atoms with Gasteiger partial charge in [-0.2, -0.15) is 0 Å². The van der Waals surface area contributed by atoms with Gasteiger partial charge in [0.05, 0.1) is 13.2 Å². The minimum Gasteiger partial charge on any atom is -0.378 e. The van der Waals surface area contributed by atoms with Crippen LogP contribution in [0.1, 0.15) is 64.7 Å². The Bertz CT molecular complexity index is 172. The maximum absolute atomic E-state index is 5.53. The lowest BCUT2D eigenvalue weighted by atomic mass is 10.0. The average molecular weight is 241 g/mol. The average Bonchev–Trinajstić information content (AvgIpc) is 2.35. The first kappa shape index (κ1) is 15.0. The lowest BCUT2D eigenvalue weighted by molar-refractivity contribution is 0.00210. The molecule has 0 bridgehead atoms. The molecule has 17 heavy (non-hydrogen) atoms. The predicted molar refractivity (Wildman–Crippen MR) is 74.5 cm³/mol. The Kier molecular flexibility index (Phi) is 8.72. The van der Waals surface area contributed by atoms with E-state index in [0.29, 0.717) is 6.04 Å². The first-order valence-electron chi connectivity index (χ1n) is 7.62. The molecule has 102 valence electrons. The summed E-state index contributed by atoms with van der Waals surface area (Å²) < 4.78 is 5.53. The Balaban J connectivity index is 1.86. The summed E-state index contributed by atoms with van der Waals surface area (Å²) in [4.78, 5) is 2.46. The number of morpholine rings is 1. The van der Waals surface area contributed by atoms with E-state index in [1.165, 1.54) is 57.8 Å². The van der Waals surface area contributed by atoms with E-state index < -0.39 is 0 Å². The van der Waals surface area contributed by atoms with Crippen molar-refractivity contribution in [2.75, 3.05) is 26.8 Å². The minimum atomic E-state index is 0.684. The van der Waals surface area contributed by atoms with Crippen molar-refractivity contribution in [2.45, 2.75) is 70.8 Å². The zero-order valence-electron chi connectivity index (χ0n) is 11.9. The van der Waals surface area contributed by atoms with Crippen LogP contribution in [0.15, 0.2) is 0 Å². The van der Waals surface area contributed by atoms with E-state index >= 15 is 0 Å². The lowest BCUT2D eigenvalue weighted by Crippen LogP contribution is -2.42. The van der Waals surface area contributed by atoms with Gasteiger partial charge in [0, 0.05) is 12.6 Å². The maximum Gasteiger partial charge on any atom is 0.0622 e. The largest absolute Gasteiger partial charge is 0.378 e. The summed E-state index contributed by atoms with van der Waals surface area (Å²) in [6, 6.07) is 0.684. The van der Waals surface area contributed by atoms with Crippen molar-refractivity contribution in [3.05, 3.63) is 0 Å². The zero-order valence-corrected chi connectivity index (χ0v) is 11.9. The van der Waals surface area contributed by atoms with E-state index in [1.54, 1.807) is 0 Å². The Hall–Kier alpha value is -0.0800. The number of unbranched alkanes of at least 4 members (excludes halogenated alkanes) is 7. The van der Waals surface area contributed by atoms with Gasteiger partial charge in [-0.3, -0.25) is 4.90 Å². The number of hydrogen-bond acceptors (Lipinski definition) is 2. The number of likely N-dealkylation sites (N-methyl/N-ethyl adjacent to an activating group) is 1. The minimum absolute atomic E-state index is 0.684. The Morgan fingerprint density at radius 2 is 1.65 bits per heavy atom. The molecule has 0 aromatic carbocycles. The molecular formula is C15H31NO. The third-order valence-corrected chi connectivity index (χ3v) is 3.91. The van der Waals surface area contributed by atoms with Crippen LogP contribution < -0.4 is 0 Å². The van der Waals surface area contributed by atoms with Gasteiger partial charge in [0.2, 0.25) is 0 Å². The fourth-order valence-electron chi connectivity index (χ4n) is 2.56. The van der Waals surface area contributed by atoms with E-state index in [-0.39, 0.29) is 0 Å². The first-order chi connectivity index (χ1) is 8.34. The van der Waals surface area contributed by atoms with Crippen LogP contribution >= 0.6 is 0 Å². The molecule has 1 saturated heterocycles. The monoisotopic (exact) mass is 241 g/mol. The highest BCUT2D eigenvalue weighted by molar-refractivity contribution is 4.71. The SMILES string of the molecule is CCCCCCCCCCC1COCCN1C. The summed E-state index contributed by atoms with van der Waals surface area (Å²) in [6.45, 7) is 5.27. The standard InChI is InChI=1S/C15H31NO/c1-3-4-5-6-7-8-9-10-11-15-14-17-13-12-16(15)2/h15H,3-14H2,1-2H3. The van der Waals surface area contributed by atoms with E-state index in [4.69, 9.17) is 4.74 Å². The third-order valence-electron chi connectivity index (χ3n) is 3.91. The molecule has 1 heterocycles. The smallest absolute Gasteiger partial charge is 0.0622 e. The lowest BCUT2D eigenvalue weighted by Gasteiger charge is -2.32. The predicted octanol–water partition coefficient (Wildman–Crippen LogP) is 3.85. The van der Waals surface area contributed by atoms with Gasteiger partial charge in [0.15, 0.2) is 0 Å². The van der Waals surface area contributed by atoms with E-state index in [2.05, 4.69) is 18.9 Å². The molecular weight excluding hydrogens is 210 g/mol. The fourth-order valence-corrected chi connectivity index (χ4v) is 2.56. The van der Waals surface area contributed by atoms with Crippen molar-refractivity contribution in [1.29, 1.82) is 0 Å². The van der Waals surface area contributed by atoms with Crippen molar-refractivity contribution in [1.82, 2.24) is 4.90 Å². The van der Waals surface area contributed by atoms with Crippen LogP contribution in [0, 0.1) is 0 Å². The van der Waals surface area contributed by atoms with Gasteiger partial charge >= 0.3 is 0 Å². The van der Waals surface area contributed by atoms with Crippen molar-refractivity contribution in [2.24, 2.45) is 0 Å². The summed E-state index contributed by atoms with van der Waals surface area (Å²) in [5, 5.41) is 0. The number of nitrogens with zero attached hydrogens (tertiary/aromatic N) is 1. The number of ether oxygens (including phenoxy) is 1. The summed E-state index contributed by atoms with van der Waals surface area (Å²) in [6.07, 6.45) is 12.7. The van der Waals surface area contributed by atoms with Gasteiger partial charge in [-0.05, 0) is 13.5 Å². The molecule has 1 unspecified atom stereocenters. The highest BCUT2D eigenvalue weighted by Crippen LogP contribution is 2.14. The topological polar surface area (TPSA) is 12.5 Å². The summed E-state index contributed by atoms with van der Waals surface area (Å²) in [5.74, 6) is 0. The van der Waals surface area contributed by atoms with Crippen molar-refractivity contribution < 1.29 is 4.74 Å². The van der Waals surface area contributed by atoms with Crippen molar-refractivity contribution >= 4 is 0 Å². The van der Waals surface area contributed by atoms with Gasteiger partial charge in [-0.1, -0.05) is 58.3 Å². The van der Waals surface area contributed by atoms with Crippen LogP contribution in [0.5, 0.6) is 0 Å². The molecule has 1 atom stereocenters. The molecule has 1 aliphatic rings. The maximum atomic E-state index is 5.53. The molecule has 0 N–H and O–H groups in total. The molecule has 1 rings (SSSR count). The van der Waals surface area contributed by atoms with Crippen LogP contribution in [0.4, 0.5) is 0 Å². The molecule has 1 fully saturated rings. The number of rotatable bonds is 9. The second-order valence-corrected chi connectivity index (χ2v) is 5.47. The third kappa shape index (κ3) is 7.05. The van der Waals surface area contributed by atoms with E-state index in [1.807, 2.05) is 0 Å². The van der Waals surface area contributed by atoms with Crippen LogP contribution in [0.2, 0.25) is 0 Å². The highest BCUT2D eigenvalue weighted by atomic mass is 16.5. The molecule has 0 aromatic heterocycles. The van der Waals surface area contributed by atoms with Crippen LogP contribution in [-0.4, -0.2) is 37.7 Å². The van der Waals surface area contributed by atoms with Gasteiger partial charge in [-0.15, -0.1) is 0 Å². The second kappa shape index (κ2) is 9.90. The molecule has 2 heteroatoms. The molecule has 1 aliphatic heterocycles. The van der Waals surface area contributed by atoms with Crippen LogP contribution in [-0.2, 0) is 4.74 Å². The van der Waals surface area contributed by atoms with Crippen molar-refractivity contribution in [3.8, 4) is 0 Å². The summed E-state index contributed by atoms with van der Waals surface area (Å²) >= 11 is 0. The van der Waals surface area contributed by atoms with Crippen molar-refractivity contribution in [3.63, 3.8) is 0 Å². The van der Waals surface area contributed by atoms with Gasteiger partial charge in [0.1, 0.15) is 0 Å². The number of hydrogen-bond donors (Lipinski definition) is 0. The van der Waals surface area contributed by atoms with Gasteiger partial charge in [0.25, 0.3) is 0 Å². The Labute approximate surface area is 108 Å². The molecule has 2 nitrogen and oxygen atoms in total. The van der Waals surface area contributed by atoms with Gasteiger partial charge in [-0.25, -0.2) is 0 Å². The Morgan fingerprint density at radius 1 is 1.00 bits per heavy atom. The summed E-state index contributed by atoms with van der Waals surface area (Å²) in [7, 11) is 2.23. The quantitative estimate of drug-likeness (QED) is 0.569. The molecule has 0 amide bonds. The highest BCUT2D eigenvalue weighted by Gasteiger charge is 2.18. The zero-order chi connectivity index (χ0) is 12.3. The molecule has 0 aliphatic carbocycles. The van der Waals surface area contributed by atoms with Gasteiger partial charge < -0.3 is 4.74 Å². The van der Waals surface area contributed by atoms with E-state index in [0.717, 1.165) is 19.8 Å². The Morgan fingerprint density at radius 3 is 2.29 bits per heavy atom. The molecule has 0 spiro atoms. The first-order valence-corrected chi connectivity index (χ1v) is 7.62. The normalized spacial score (nSPS) is 21.9. The fraction of sp³-hybridized carbons (Fsp3) is 1.00. The van der Waals surface area contributed by atoms with Crippen LogP contribution in [0.3, 0.4) is 0 Å². The van der Waals surface area contributed by atoms with E-state index in [9.17, 15) is 0 Å². The molecule has 0 saturated carbocycles. The molecule has 0 aromatic rings. The van der Waals surface area contributed by atoms with Crippen LogP contribution in [0.25, 0.3) is 0 Å².